The molecule has 0 aromatic carbocycles. The molecule has 0 unspecified atom stereocenters. The summed E-state index contributed by atoms with van der Waals surface area (Å²) in [6, 6.07) is 0. The molecule has 0 radical (unpaired) electrons. The van der Waals surface area contributed by atoms with Gasteiger partial charge in [0, 0.05) is 18.6 Å². The highest BCUT2D eigenvalue weighted by molar-refractivity contribution is 5.59. The molecule has 0 bridgehead atoms. The van der Waals surface area contributed by atoms with Gasteiger partial charge in [0.25, 0.3) is 0 Å². The number of nitrogens with two attached hydrogens (primary N) is 1. The Kier molecular flexibility index (Phi) is 1.69. The number of nitrogens with zero attached hydrogens (tertiary/aromatic N) is 3. The lowest BCUT2D eigenvalue weighted by Gasteiger charge is -2.06. The van der Waals surface area contributed by atoms with Gasteiger partial charge >= 0.3 is 0 Å². The van der Waals surface area contributed by atoms with Gasteiger partial charge in [-0.3, -0.25) is 0 Å². The van der Waals surface area contributed by atoms with Crippen LogP contribution in [0.15, 0.2) is 18.6 Å². The Balaban J connectivity index is 2.70. The summed E-state index contributed by atoms with van der Waals surface area (Å²) in [5.41, 5.74) is 7.46. The van der Waals surface area contributed by atoms with E-state index in [0.717, 1.165) is 11.3 Å². The number of imidazole rings is 1. The van der Waals surface area contributed by atoms with Crippen LogP contribution in [-0.2, 0) is 0 Å². The predicted molar refractivity (Wildman–Crippen MR) is 51.5 cm³/mol. The van der Waals surface area contributed by atoms with Gasteiger partial charge in [0.2, 0.25) is 0 Å². The molecule has 0 saturated carbocycles. The first-order valence-corrected chi connectivity index (χ1v) is 4.27. The van der Waals surface area contributed by atoms with Gasteiger partial charge in [0.05, 0.1) is 5.69 Å². The smallest absolute Gasteiger partial charge is 0.179 e. The van der Waals surface area contributed by atoms with Crippen LogP contribution in [0.5, 0.6) is 0 Å². The number of anilines is 1. The fourth-order valence-electron chi connectivity index (χ4n) is 1.25. The second-order valence-electron chi connectivity index (χ2n) is 3.36. The maximum Gasteiger partial charge on any atom is 0.179 e. The number of rotatable bonds is 1. The van der Waals surface area contributed by atoms with E-state index in [1.807, 2.05) is 16.8 Å². The first-order valence-electron chi connectivity index (χ1n) is 4.27. The number of aromatic nitrogens is 3. The fraction of sp³-hybridized carbons (Fsp3) is 0.333. The molecule has 0 spiro atoms. The lowest BCUT2D eigenvalue weighted by atomic mass is 10.1. The van der Waals surface area contributed by atoms with Crippen molar-refractivity contribution in [3.63, 3.8) is 0 Å². The van der Waals surface area contributed by atoms with Crippen molar-refractivity contribution in [2.45, 2.75) is 19.8 Å². The van der Waals surface area contributed by atoms with E-state index in [4.69, 9.17) is 5.73 Å². The van der Waals surface area contributed by atoms with Crippen LogP contribution in [0.2, 0.25) is 0 Å². The summed E-state index contributed by atoms with van der Waals surface area (Å²) in [4.78, 5) is 8.36. The van der Waals surface area contributed by atoms with Gasteiger partial charge in [-0.2, -0.15) is 0 Å². The number of nitrogen functional groups attached to an aromatic ring is 1. The Morgan fingerprint density at radius 2 is 2.23 bits per heavy atom. The Labute approximate surface area is 76.4 Å². The highest BCUT2D eigenvalue weighted by atomic mass is 15.0. The fourth-order valence-corrected chi connectivity index (χ4v) is 1.25. The molecule has 0 aliphatic carbocycles. The van der Waals surface area contributed by atoms with Crippen molar-refractivity contribution in [2.24, 2.45) is 0 Å². The van der Waals surface area contributed by atoms with Crippen LogP contribution in [-0.4, -0.2) is 14.4 Å². The van der Waals surface area contributed by atoms with Gasteiger partial charge < -0.3 is 10.1 Å². The summed E-state index contributed by atoms with van der Waals surface area (Å²) in [5.74, 6) is 0.880. The maximum absolute atomic E-state index is 5.74. The summed E-state index contributed by atoms with van der Waals surface area (Å²) >= 11 is 0. The van der Waals surface area contributed by atoms with Gasteiger partial charge in [0.1, 0.15) is 0 Å². The molecular weight excluding hydrogens is 164 g/mol. The summed E-state index contributed by atoms with van der Waals surface area (Å²) < 4.78 is 1.90. The molecule has 2 aromatic rings. The Hall–Kier alpha value is -1.58. The second-order valence-corrected chi connectivity index (χ2v) is 3.36. The number of hydrogen-bond donors (Lipinski definition) is 1. The SMILES string of the molecule is CC(C)c1cn2ccnc2c(N)n1. The molecule has 0 aliphatic heterocycles. The van der Waals surface area contributed by atoms with Crippen LogP contribution >= 0.6 is 0 Å². The van der Waals surface area contributed by atoms with Crippen LogP contribution in [0, 0.1) is 0 Å². The van der Waals surface area contributed by atoms with Crippen molar-refractivity contribution in [1.82, 2.24) is 14.4 Å². The van der Waals surface area contributed by atoms with Crippen molar-refractivity contribution < 1.29 is 0 Å². The van der Waals surface area contributed by atoms with Crippen molar-refractivity contribution >= 4 is 11.5 Å². The number of hydrogen-bond acceptors (Lipinski definition) is 3. The lowest BCUT2D eigenvalue weighted by molar-refractivity contribution is 0.811. The molecule has 68 valence electrons. The third kappa shape index (κ3) is 1.24. The predicted octanol–water partition coefficient (Wildman–Crippen LogP) is 1.43. The highest BCUT2D eigenvalue weighted by Crippen LogP contribution is 2.15. The van der Waals surface area contributed by atoms with Crippen molar-refractivity contribution in [2.75, 3.05) is 5.73 Å². The molecule has 0 amide bonds. The van der Waals surface area contributed by atoms with Crippen LogP contribution in [0.3, 0.4) is 0 Å². The summed E-state index contributed by atoms with van der Waals surface area (Å²) in [7, 11) is 0. The standard InChI is InChI=1S/C9H12N4/c1-6(2)7-5-13-4-3-11-9(13)8(10)12-7/h3-6H,1-2H3,(H2,10,12). The molecular formula is C9H12N4. The monoisotopic (exact) mass is 176 g/mol. The minimum absolute atomic E-state index is 0.383. The quantitative estimate of drug-likeness (QED) is 0.715. The van der Waals surface area contributed by atoms with E-state index in [-0.39, 0.29) is 0 Å². The molecule has 13 heavy (non-hydrogen) atoms. The van der Waals surface area contributed by atoms with E-state index in [9.17, 15) is 0 Å². The van der Waals surface area contributed by atoms with E-state index < -0.39 is 0 Å². The molecule has 0 fully saturated rings. The number of fused-ring (bicyclic) bond motifs is 1. The molecule has 4 nitrogen and oxygen atoms in total. The largest absolute Gasteiger partial charge is 0.381 e. The van der Waals surface area contributed by atoms with Gasteiger partial charge in [0.15, 0.2) is 11.5 Å². The molecule has 2 N–H and O–H groups in total. The molecule has 2 heterocycles. The minimum Gasteiger partial charge on any atom is -0.381 e. The molecule has 4 heteroatoms. The zero-order chi connectivity index (χ0) is 9.42. The topological polar surface area (TPSA) is 56.2 Å². The second kappa shape index (κ2) is 2.73. The highest BCUT2D eigenvalue weighted by Gasteiger charge is 2.06. The maximum atomic E-state index is 5.74. The van der Waals surface area contributed by atoms with Gasteiger partial charge in [-0.1, -0.05) is 13.8 Å². The molecule has 0 saturated heterocycles. The van der Waals surface area contributed by atoms with Crippen molar-refractivity contribution in [1.29, 1.82) is 0 Å². The van der Waals surface area contributed by atoms with E-state index in [1.165, 1.54) is 0 Å². The van der Waals surface area contributed by atoms with E-state index in [1.54, 1.807) is 6.20 Å². The summed E-state index contributed by atoms with van der Waals surface area (Å²) in [6.45, 7) is 4.18. The van der Waals surface area contributed by atoms with E-state index >= 15 is 0 Å². The Morgan fingerprint density at radius 1 is 1.46 bits per heavy atom. The van der Waals surface area contributed by atoms with Crippen LogP contribution in [0.1, 0.15) is 25.5 Å². The molecule has 2 rings (SSSR count). The van der Waals surface area contributed by atoms with Crippen LogP contribution < -0.4 is 5.73 Å². The average molecular weight is 176 g/mol. The third-order valence-electron chi connectivity index (χ3n) is 2.01. The Bertz CT molecular complexity index is 430. The van der Waals surface area contributed by atoms with Gasteiger partial charge in [-0.25, -0.2) is 9.97 Å². The normalized spacial score (nSPS) is 11.3. The first-order chi connectivity index (χ1) is 6.18. The zero-order valence-corrected chi connectivity index (χ0v) is 7.73. The minimum atomic E-state index is 0.383. The Morgan fingerprint density at radius 3 is 2.92 bits per heavy atom. The molecule has 0 aliphatic rings. The zero-order valence-electron chi connectivity index (χ0n) is 7.73. The molecule has 0 atom stereocenters. The summed E-state index contributed by atoms with van der Waals surface area (Å²) in [5, 5.41) is 0. The van der Waals surface area contributed by atoms with Gasteiger partial charge in [-0.15, -0.1) is 0 Å². The summed E-state index contributed by atoms with van der Waals surface area (Å²) in [6.07, 6.45) is 5.56. The van der Waals surface area contributed by atoms with Gasteiger partial charge in [-0.05, 0) is 5.92 Å². The lowest BCUT2D eigenvalue weighted by Crippen LogP contribution is -2.02. The van der Waals surface area contributed by atoms with Crippen LogP contribution in [0.4, 0.5) is 5.82 Å². The van der Waals surface area contributed by atoms with Crippen molar-refractivity contribution in [3.05, 3.63) is 24.3 Å². The van der Waals surface area contributed by atoms with E-state index in [0.29, 0.717) is 11.7 Å². The van der Waals surface area contributed by atoms with Crippen LogP contribution in [0.25, 0.3) is 5.65 Å². The first kappa shape index (κ1) is 8.04. The average Bonchev–Trinajstić information content (AvgIpc) is 2.51. The molecule has 2 aromatic heterocycles. The van der Waals surface area contributed by atoms with E-state index in [2.05, 4.69) is 23.8 Å². The third-order valence-corrected chi connectivity index (χ3v) is 2.01. The van der Waals surface area contributed by atoms with Crippen molar-refractivity contribution in [3.8, 4) is 0 Å².